The maximum absolute atomic E-state index is 12.7. The van der Waals surface area contributed by atoms with Crippen LogP contribution in [0.2, 0.25) is 0 Å². The molecular formula is C17H29N3O2. The number of hydrogen-bond donors (Lipinski definition) is 1. The Labute approximate surface area is 134 Å². The molecule has 0 spiro atoms. The predicted octanol–water partition coefficient (Wildman–Crippen LogP) is 1.58. The van der Waals surface area contributed by atoms with E-state index < -0.39 is 0 Å². The fourth-order valence-electron chi connectivity index (χ4n) is 2.28. The second-order valence-corrected chi connectivity index (χ2v) is 5.21. The molecule has 2 N–H and O–H groups in total. The van der Waals surface area contributed by atoms with Gasteiger partial charge in [0.25, 0.3) is 5.91 Å². The summed E-state index contributed by atoms with van der Waals surface area (Å²) in [6.45, 7) is 9.49. The summed E-state index contributed by atoms with van der Waals surface area (Å²) in [7, 11) is 1.66. The number of nitrogens with two attached hydrogens (primary N) is 1. The van der Waals surface area contributed by atoms with Crippen LogP contribution in [0.5, 0.6) is 0 Å². The third kappa shape index (κ3) is 5.75. The van der Waals surface area contributed by atoms with Crippen LogP contribution in [0.15, 0.2) is 24.3 Å². The molecule has 0 heterocycles. The van der Waals surface area contributed by atoms with Gasteiger partial charge in [-0.05, 0) is 30.8 Å². The molecule has 0 saturated heterocycles. The van der Waals surface area contributed by atoms with E-state index in [9.17, 15) is 4.79 Å². The summed E-state index contributed by atoms with van der Waals surface area (Å²) >= 11 is 0. The van der Waals surface area contributed by atoms with Crippen LogP contribution in [0.1, 0.15) is 29.8 Å². The molecule has 0 fully saturated rings. The summed E-state index contributed by atoms with van der Waals surface area (Å²) in [5.74, 6) is 0.0489. The van der Waals surface area contributed by atoms with Crippen LogP contribution in [0.25, 0.3) is 0 Å². The Morgan fingerprint density at radius 3 is 2.23 bits per heavy atom. The van der Waals surface area contributed by atoms with Crippen LogP contribution in [-0.4, -0.2) is 62.1 Å². The van der Waals surface area contributed by atoms with Gasteiger partial charge in [0.05, 0.1) is 6.61 Å². The number of benzene rings is 1. The average Bonchev–Trinajstić information content (AvgIpc) is 2.57. The molecule has 1 aromatic rings. The molecule has 124 valence electrons. The third-order valence-corrected chi connectivity index (χ3v) is 3.87. The van der Waals surface area contributed by atoms with Gasteiger partial charge in [-0.15, -0.1) is 0 Å². The molecular weight excluding hydrogens is 278 g/mol. The second kappa shape index (κ2) is 10.3. The van der Waals surface area contributed by atoms with Crippen LogP contribution >= 0.6 is 0 Å². The summed E-state index contributed by atoms with van der Waals surface area (Å²) in [4.78, 5) is 16.8. The lowest BCUT2D eigenvalue weighted by Crippen LogP contribution is -2.40. The highest BCUT2D eigenvalue weighted by Crippen LogP contribution is 2.08. The van der Waals surface area contributed by atoms with E-state index in [4.69, 9.17) is 10.5 Å². The molecule has 5 nitrogen and oxygen atoms in total. The third-order valence-electron chi connectivity index (χ3n) is 3.87. The van der Waals surface area contributed by atoms with Gasteiger partial charge < -0.3 is 20.3 Å². The van der Waals surface area contributed by atoms with Crippen molar-refractivity contribution in [2.45, 2.75) is 20.4 Å². The Bertz CT molecular complexity index is 430. The largest absolute Gasteiger partial charge is 0.383 e. The van der Waals surface area contributed by atoms with Crippen LogP contribution in [0, 0.1) is 0 Å². The molecule has 1 aromatic carbocycles. The molecule has 0 aliphatic rings. The van der Waals surface area contributed by atoms with Crippen molar-refractivity contribution < 1.29 is 9.53 Å². The van der Waals surface area contributed by atoms with Gasteiger partial charge in [-0.2, -0.15) is 0 Å². The smallest absolute Gasteiger partial charge is 0.253 e. The van der Waals surface area contributed by atoms with Crippen molar-refractivity contribution in [3.8, 4) is 0 Å². The van der Waals surface area contributed by atoms with Crippen molar-refractivity contribution in [1.29, 1.82) is 0 Å². The van der Waals surface area contributed by atoms with Crippen molar-refractivity contribution in [3.05, 3.63) is 35.4 Å². The summed E-state index contributed by atoms with van der Waals surface area (Å²) in [6, 6.07) is 7.52. The molecule has 0 radical (unpaired) electrons. The number of hydrogen-bond acceptors (Lipinski definition) is 4. The van der Waals surface area contributed by atoms with E-state index in [0.29, 0.717) is 31.8 Å². The molecule has 5 heteroatoms. The Morgan fingerprint density at radius 1 is 1.09 bits per heavy atom. The van der Waals surface area contributed by atoms with Gasteiger partial charge in [0.2, 0.25) is 0 Å². The minimum Gasteiger partial charge on any atom is -0.383 e. The van der Waals surface area contributed by atoms with Crippen LogP contribution in [0.3, 0.4) is 0 Å². The topological polar surface area (TPSA) is 58.8 Å². The number of amides is 1. The van der Waals surface area contributed by atoms with Gasteiger partial charge in [0.1, 0.15) is 0 Å². The average molecular weight is 307 g/mol. The summed E-state index contributed by atoms with van der Waals surface area (Å²) in [6.07, 6.45) is 0. The quantitative estimate of drug-likeness (QED) is 0.713. The number of methoxy groups -OCH3 is 1. The van der Waals surface area contributed by atoms with E-state index in [1.807, 2.05) is 29.2 Å². The highest BCUT2D eigenvalue weighted by Gasteiger charge is 2.16. The van der Waals surface area contributed by atoms with Gasteiger partial charge in [0, 0.05) is 38.9 Å². The van der Waals surface area contributed by atoms with Gasteiger partial charge in [-0.3, -0.25) is 4.79 Å². The Kier molecular flexibility index (Phi) is 8.74. The molecule has 0 aliphatic heterocycles. The first-order valence-corrected chi connectivity index (χ1v) is 7.95. The lowest BCUT2D eigenvalue weighted by Gasteiger charge is -2.26. The SMILES string of the molecule is CCN(CC)CCN(CCOC)C(=O)c1ccc(CN)cc1. The number of ether oxygens (including phenoxy) is 1. The van der Waals surface area contributed by atoms with Gasteiger partial charge in [0.15, 0.2) is 0 Å². The van der Waals surface area contributed by atoms with Gasteiger partial charge in [-0.25, -0.2) is 0 Å². The van der Waals surface area contributed by atoms with Crippen molar-refractivity contribution >= 4 is 5.91 Å². The fraction of sp³-hybridized carbons (Fsp3) is 0.588. The minimum atomic E-state index is 0.0489. The van der Waals surface area contributed by atoms with E-state index >= 15 is 0 Å². The minimum absolute atomic E-state index is 0.0489. The fourth-order valence-corrected chi connectivity index (χ4v) is 2.28. The summed E-state index contributed by atoms with van der Waals surface area (Å²) < 4.78 is 5.13. The van der Waals surface area contributed by atoms with E-state index in [-0.39, 0.29) is 5.91 Å². The lowest BCUT2D eigenvalue weighted by molar-refractivity contribution is 0.0674. The maximum atomic E-state index is 12.7. The monoisotopic (exact) mass is 307 g/mol. The zero-order valence-corrected chi connectivity index (χ0v) is 14.0. The molecule has 0 bridgehead atoms. The predicted molar refractivity (Wildman–Crippen MR) is 89.9 cm³/mol. The number of carbonyl (C=O) groups excluding carboxylic acids is 1. The molecule has 0 saturated carbocycles. The Morgan fingerprint density at radius 2 is 1.73 bits per heavy atom. The molecule has 0 unspecified atom stereocenters. The number of nitrogens with zero attached hydrogens (tertiary/aromatic N) is 2. The second-order valence-electron chi connectivity index (χ2n) is 5.21. The highest BCUT2D eigenvalue weighted by atomic mass is 16.5. The first kappa shape index (κ1) is 18.6. The first-order chi connectivity index (χ1) is 10.7. The first-order valence-electron chi connectivity index (χ1n) is 7.95. The number of rotatable bonds is 10. The normalized spacial score (nSPS) is 11.0. The molecule has 1 amide bonds. The zero-order valence-electron chi connectivity index (χ0n) is 14.0. The molecule has 0 atom stereocenters. The van der Waals surface area contributed by atoms with Crippen LogP contribution in [0.4, 0.5) is 0 Å². The van der Waals surface area contributed by atoms with Crippen LogP contribution < -0.4 is 5.73 Å². The summed E-state index contributed by atoms with van der Waals surface area (Å²) in [5.41, 5.74) is 7.33. The summed E-state index contributed by atoms with van der Waals surface area (Å²) in [5, 5.41) is 0. The number of carbonyl (C=O) groups is 1. The van der Waals surface area contributed by atoms with Crippen molar-refractivity contribution in [2.75, 3.05) is 46.4 Å². The van der Waals surface area contributed by atoms with E-state index in [0.717, 1.165) is 25.2 Å². The molecule has 0 aromatic heterocycles. The Hall–Kier alpha value is -1.43. The van der Waals surface area contributed by atoms with E-state index in [2.05, 4.69) is 18.7 Å². The van der Waals surface area contributed by atoms with Crippen LogP contribution in [-0.2, 0) is 11.3 Å². The lowest BCUT2D eigenvalue weighted by atomic mass is 10.1. The maximum Gasteiger partial charge on any atom is 0.253 e. The van der Waals surface area contributed by atoms with Gasteiger partial charge in [-0.1, -0.05) is 26.0 Å². The van der Waals surface area contributed by atoms with Crippen molar-refractivity contribution in [3.63, 3.8) is 0 Å². The molecule has 0 aliphatic carbocycles. The zero-order chi connectivity index (χ0) is 16.4. The van der Waals surface area contributed by atoms with Gasteiger partial charge >= 0.3 is 0 Å². The van der Waals surface area contributed by atoms with E-state index in [1.54, 1.807) is 7.11 Å². The van der Waals surface area contributed by atoms with E-state index in [1.165, 1.54) is 0 Å². The molecule has 1 rings (SSSR count). The number of likely N-dealkylation sites (N-methyl/N-ethyl adjacent to an activating group) is 1. The Balaban J connectivity index is 2.73. The standard InChI is InChI=1S/C17H29N3O2/c1-4-19(5-2)10-11-20(12-13-22-3)17(21)16-8-6-15(14-18)7-9-16/h6-9H,4-5,10-14,18H2,1-3H3. The molecule has 22 heavy (non-hydrogen) atoms. The van der Waals surface area contributed by atoms with Crippen molar-refractivity contribution in [1.82, 2.24) is 9.80 Å². The van der Waals surface area contributed by atoms with Crippen molar-refractivity contribution in [2.24, 2.45) is 5.73 Å². The highest BCUT2D eigenvalue weighted by molar-refractivity contribution is 5.94.